The molecule has 2 rings (SSSR count). The molecule has 0 saturated carbocycles. The van der Waals surface area contributed by atoms with Crippen LogP contribution in [0.15, 0.2) is 48.5 Å². The molecule has 0 aliphatic rings. The van der Waals surface area contributed by atoms with E-state index >= 15 is 0 Å². The van der Waals surface area contributed by atoms with Gasteiger partial charge in [-0.05, 0) is 30.2 Å². The molecule has 0 bridgehead atoms. The van der Waals surface area contributed by atoms with E-state index in [0.717, 1.165) is 6.07 Å². The molecule has 0 radical (unpaired) electrons. The van der Waals surface area contributed by atoms with Crippen molar-refractivity contribution in [3.05, 3.63) is 65.2 Å². The predicted octanol–water partition coefficient (Wildman–Crippen LogP) is 3.75. The van der Waals surface area contributed by atoms with Crippen molar-refractivity contribution in [3.8, 4) is 0 Å². The molecule has 0 heterocycles. The molecule has 0 aliphatic carbocycles. The molecule has 3 amide bonds. The molecule has 8 heteroatoms. The molecule has 26 heavy (non-hydrogen) atoms. The van der Waals surface area contributed by atoms with E-state index in [1.807, 2.05) is 0 Å². The quantitative estimate of drug-likeness (QED) is 0.754. The van der Waals surface area contributed by atoms with Crippen molar-refractivity contribution in [2.24, 2.45) is 5.73 Å². The van der Waals surface area contributed by atoms with Crippen LogP contribution < -0.4 is 16.4 Å². The molecule has 0 aromatic heterocycles. The molecule has 2 aromatic carbocycles. The summed E-state index contributed by atoms with van der Waals surface area (Å²) in [5.74, 6) is -0.551. The van der Waals surface area contributed by atoms with Crippen LogP contribution in [-0.2, 0) is 11.0 Å². The van der Waals surface area contributed by atoms with Crippen molar-refractivity contribution in [1.82, 2.24) is 5.32 Å². The fraction of sp³-hybridized carbons (Fsp3) is 0.222. The Morgan fingerprint density at radius 3 is 2.35 bits per heavy atom. The number of benzene rings is 2. The number of urea groups is 1. The summed E-state index contributed by atoms with van der Waals surface area (Å²) < 4.78 is 38.9. The van der Waals surface area contributed by atoms with Gasteiger partial charge in [0.25, 0.3) is 0 Å². The largest absolute Gasteiger partial charge is 0.416 e. The Labute approximate surface area is 148 Å². The number of hydrogen-bond donors (Lipinski definition) is 3. The van der Waals surface area contributed by atoms with Gasteiger partial charge in [-0.3, -0.25) is 4.79 Å². The summed E-state index contributed by atoms with van der Waals surface area (Å²) in [6.45, 7) is 1.34. The summed E-state index contributed by atoms with van der Waals surface area (Å²) in [5.41, 5.74) is 5.07. The van der Waals surface area contributed by atoms with E-state index in [9.17, 15) is 22.8 Å². The van der Waals surface area contributed by atoms with Gasteiger partial charge in [0.2, 0.25) is 5.91 Å². The van der Waals surface area contributed by atoms with E-state index < -0.39 is 29.7 Å². The first kappa shape index (κ1) is 19.3. The van der Waals surface area contributed by atoms with Crippen molar-refractivity contribution in [1.29, 1.82) is 0 Å². The third-order valence-electron chi connectivity index (χ3n) is 3.73. The van der Waals surface area contributed by atoms with Crippen LogP contribution >= 0.6 is 0 Å². The predicted molar refractivity (Wildman–Crippen MR) is 91.3 cm³/mol. The number of nitrogens with two attached hydrogens (primary N) is 1. The van der Waals surface area contributed by atoms with E-state index in [1.165, 1.54) is 19.1 Å². The molecule has 5 nitrogen and oxygen atoms in total. The van der Waals surface area contributed by atoms with Crippen LogP contribution in [-0.4, -0.2) is 11.9 Å². The molecule has 0 fully saturated rings. The SMILES string of the molecule is Cc1ccc(NC(=O)C[C@H](NC(N)=O)c2ccccc2)cc1C(F)(F)F. The smallest absolute Gasteiger partial charge is 0.352 e. The van der Waals surface area contributed by atoms with E-state index in [1.54, 1.807) is 30.3 Å². The van der Waals surface area contributed by atoms with E-state index in [0.29, 0.717) is 5.56 Å². The van der Waals surface area contributed by atoms with Gasteiger partial charge in [-0.15, -0.1) is 0 Å². The van der Waals surface area contributed by atoms with E-state index in [2.05, 4.69) is 10.6 Å². The number of halogens is 3. The van der Waals surface area contributed by atoms with E-state index in [-0.39, 0.29) is 17.7 Å². The lowest BCUT2D eigenvalue weighted by Crippen LogP contribution is -2.35. The zero-order valence-electron chi connectivity index (χ0n) is 13.9. The topological polar surface area (TPSA) is 84.2 Å². The Hall–Kier alpha value is -3.03. The fourth-order valence-corrected chi connectivity index (χ4v) is 2.51. The summed E-state index contributed by atoms with van der Waals surface area (Å²) in [7, 11) is 0. The number of nitrogens with one attached hydrogen (secondary N) is 2. The van der Waals surface area contributed by atoms with Gasteiger partial charge in [-0.1, -0.05) is 36.4 Å². The second kappa shape index (κ2) is 7.90. The molecular weight excluding hydrogens is 347 g/mol. The van der Waals surface area contributed by atoms with Crippen LogP contribution in [0, 0.1) is 6.92 Å². The van der Waals surface area contributed by atoms with Crippen molar-refractivity contribution >= 4 is 17.6 Å². The minimum Gasteiger partial charge on any atom is -0.352 e. The highest BCUT2D eigenvalue weighted by atomic mass is 19.4. The Bertz CT molecular complexity index is 792. The Morgan fingerprint density at radius 1 is 1.12 bits per heavy atom. The molecule has 4 N–H and O–H groups in total. The van der Waals surface area contributed by atoms with Gasteiger partial charge in [0.15, 0.2) is 0 Å². The normalized spacial score (nSPS) is 12.3. The standard InChI is InChI=1S/C18H18F3N3O2/c1-11-7-8-13(9-14(11)18(19,20)21)23-16(25)10-15(24-17(22)26)12-5-3-2-4-6-12/h2-9,15H,10H2,1H3,(H,23,25)(H3,22,24,26)/t15-/m0/s1. The van der Waals surface area contributed by atoms with Gasteiger partial charge in [0.1, 0.15) is 0 Å². The van der Waals surface area contributed by atoms with Crippen molar-refractivity contribution in [3.63, 3.8) is 0 Å². The number of primary amides is 1. The first-order valence-electron chi connectivity index (χ1n) is 7.75. The van der Waals surface area contributed by atoms with Crippen molar-refractivity contribution in [2.75, 3.05) is 5.32 Å². The highest BCUT2D eigenvalue weighted by Crippen LogP contribution is 2.33. The summed E-state index contributed by atoms with van der Waals surface area (Å²) in [6, 6.07) is 10.7. The molecule has 0 saturated heterocycles. The minimum atomic E-state index is -4.51. The lowest BCUT2D eigenvalue weighted by molar-refractivity contribution is -0.138. The summed E-state index contributed by atoms with van der Waals surface area (Å²) in [5, 5.41) is 4.88. The monoisotopic (exact) mass is 365 g/mol. The lowest BCUT2D eigenvalue weighted by Gasteiger charge is -2.18. The summed E-state index contributed by atoms with van der Waals surface area (Å²) >= 11 is 0. The Balaban J connectivity index is 2.14. The summed E-state index contributed by atoms with van der Waals surface area (Å²) in [4.78, 5) is 23.4. The molecule has 2 aromatic rings. The second-order valence-electron chi connectivity index (χ2n) is 5.75. The molecule has 0 spiro atoms. The number of rotatable bonds is 5. The molecular formula is C18H18F3N3O2. The van der Waals surface area contributed by atoms with Crippen LogP contribution in [0.1, 0.15) is 29.2 Å². The molecule has 0 aliphatic heterocycles. The number of aryl methyl sites for hydroxylation is 1. The van der Waals surface area contributed by atoms with Crippen LogP contribution in [0.4, 0.5) is 23.7 Å². The third-order valence-corrected chi connectivity index (χ3v) is 3.73. The molecule has 1 atom stereocenters. The highest BCUT2D eigenvalue weighted by Gasteiger charge is 2.32. The zero-order chi connectivity index (χ0) is 19.3. The van der Waals surface area contributed by atoms with Crippen LogP contribution in [0.3, 0.4) is 0 Å². The van der Waals surface area contributed by atoms with Gasteiger partial charge >= 0.3 is 12.2 Å². The number of anilines is 1. The number of carbonyl (C=O) groups is 2. The highest BCUT2D eigenvalue weighted by molar-refractivity contribution is 5.91. The van der Waals surface area contributed by atoms with Gasteiger partial charge < -0.3 is 16.4 Å². The van der Waals surface area contributed by atoms with Gasteiger partial charge in [-0.25, -0.2) is 4.79 Å². The Morgan fingerprint density at radius 2 is 1.77 bits per heavy atom. The average molecular weight is 365 g/mol. The fourth-order valence-electron chi connectivity index (χ4n) is 2.51. The molecule has 0 unspecified atom stereocenters. The van der Waals surface area contributed by atoms with E-state index in [4.69, 9.17) is 5.73 Å². The average Bonchev–Trinajstić information content (AvgIpc) is 2.55. The number of alkyl halides is 3. The van der Waals surface area contributed by atoms with Gasteiger partial charge in [0.05, 0.1) is 18.0 Å². The van der Waals surface area contributed by atoms with Gasteiger partial charge in [0, 0.05) is 5.69 Å². The first-order valence-corrected chi connectivity index (χ1v) is 7.75. The second-order valence-corrected chi connectivity index (χ2v) is 5.75. The lowest BCUT2D eigenvalue weighted by atomic mass is 10.0. The minimum absolute atomic E-state index is 0.0267. The van der Waals surface area contributed by atoms with Crippen LogP contribution in [0.2, 0.25) is 0 Å². The first-order chi connectivity index (χ1) is 12.2. The zero-order valence-corrected chi connectivity index (χ0v) is 13.9. The van der Waals surface area contributed by atoms with Crippen molar-refractivity contribution < 1.29 is 22.8 Å². The molecule has 138 valence electrons. The van der Waals surface area contributed by atoms with Crippen LogP contribution in [0.5, 0.6) is 0 Å². The maximum atomic E-state index is 13.0. The summed E-state index contributed by atoms with van der Waals surface area (Å²) in [6.07, 6.45) is -4.69. The number of hydrogen-bond acceptors (Lipinski definition) is 2. The number of amides is 3. The maximum Gasteiger partial charge on any atom is 0.416 e. The Kier molecular flexibility index (Phi) is 5.86. The van der Waals surface area contributed by atoms with Crippen molar-refractivity contribution in [2.45, 2.75) is 25.6 Å². The maximum absolute atomic E-state index is 13.0. The number of carbonyl (C=O) groups excluding carboxylic acids is 2. The third kappa shape index (κ3) is 5.23. The van der Waals surface area contributed by atoms with Crippen LogP contribution in [0.25, 0.3) is 0 Å². The van der Waals surface area contributed by atoms with Gasteiger partial charge in [-0.2, -0.15) is 13.2 Å².